The van der Waals surface area contributed by atoms with E-state index in [0.29, 0.717) is 5.57 Å². The largest absolute Gasteiger partial charge is 0.406 e. The summed E-state index contributed by atoms with van der Waals surface area (Å²) in [7, 11) is 0. The molecule has 0 spiro atoms. The summed E-state index contributed by atoms with van der Waals surface area (Å²) < 4.78 is 53.7. The number of carbonyl (C=O) groups excluding carboxylic acids is 1. The maximum absolute atomic E-state index is 14.1. The maximum Gasteiger partial charge on any atom is 0.406 e. The van der Waals surface area contributed by atoms with Gasteiger partial charge in [-0.25, -0.2) is 14.4 Å². The molecule has 0 aromatic carbocycles. The Hall–Kier alpha value is -3.35. The molecule has 2 heterocycles. The topological polar surface area (TPSA) is 85.8 Å². The fraction of sp³-hybridized carbons (Fsp3) is 0.350. The first-order chi connectivity index (χ1) is 14.2. The Bertz CT molecular complexity index is 1130. The van der Waals surface area contributed by atoms with E-state index in [-0.39, 0.29) is 46.4 Å². The van der Waals surface area contributed by atoms with Crippen LogP contribution in [0.25, 0.3) is 11.0 Å². The monoisotopic (exact) mass is 419 g/mol. The van der Waals surface area contributed by atoms with Gasteiger partial charge in [-0.15, -0.1) is 0 Å². The molecule has 1 unspecified atom stereocenters. The predicted molar refractivity (Wildman–Crippen MR) is 102 cm³/mol. The van der Waals surface area contributed by atoms with Crippen LogP contribution >= 0.6 is 0 Å². The minimum atomic E-state index is -4.46. The first-order valence-corrected chi connectivity index (χ1v) is 9.25. The minimum Gasteiger partial charge on any atom is -0.383 e. The highest BCUT2D eigenvalue weighted by Crippen LogP contribution is 2.27. The van der Waals surface area contributed by atoms with Crippen molar-refractivity contribution in [1.82, 2.24) is 19.9 Å². The Labute approximate surface area is 168 Å². The molecule has 1 amide bonds. The number of nitrogens with two attached hydrogens (primary N) is 1. The average Bonchev–Trinajstić information content (AvgIpc) is 3.40. The lowest BCUT2D eigenvalue weighted by Gasteiger charge is -2.13. The summed E-state index contributed by atoms with van der Waals surface area (Å²) in [5, 5.41) is 2.98. The summed E-state index contributed by atoms with van der Waals surface area (Å²) in [4.78, 5) is 19.9. The van der Waals surface area contributed by atoms with E-state index in [9.17, 15) is 22.4 Å². The smallest absolute Gasteiger partial charge is 0.383 e. The molecule has 6 nitrogen and oxygen atoms in total. The van der Waals surface area contributed by atoms with Crippen LogP contribution in [-0.2, 0) is 11.3 Å². The van der Waals surface area contributed by atoms with Crippen LogP contribution in [0.4, 0.5) is 23.4 Å². The Morgan fingerprint density at radius 2 is 2.07 bits per heavy atom. The van der Waals surface area contributed by atoms with Crippen LogP contribution in [-0.4, -0.2) is 38.8 Å². The average molecular weight is 419 g/mol. The molecular weight excluding hydrogens is 402 g/mol. The lowest BCUT2D eigenvalue weighted by molar-refractivity contribution is -0.140. The van der Waals surface area contributed by atoms with Gasteiger partial charge in [0, 0.05) is 29.8 Å². The number of carbonyl (C=O) groups is 1. The second-order valence-corrected chi connectivity index (χ2v) is 7.25. The Morgan fingerprint density at radius 1 is 1.30 bits per heavy atom. The van der Waals surface area contributed by atoms with E-state index in [1.165, 1.54) is 18.3 Å². The second-order valence-electron chi connectivity index (χ2n) is 7.25. The number of nitrogens with one attached hydrogen (secondary N) is 1. The molecule has 2 aromatic heterocycles. The van der Waals surface area contributed by atoms with Crippen LogP contribution in [0.5, 0.6) is 0 Å². The van der Waals surface area contributed by atoms with Crippen LogP contribution in [0.15, 0.2) is 35.8 Å². The normalized spacial score (nSPS) is 19.0. The number of amides is 1. The van der Waals surface area contributed by atoms with Gasteiger partial charge in [-0.05, 0) is 25.0 Å². The zero-order valence-electron chi connectivity index (χ0n) is 15.6. The first kappa shape index (κ1) is 19.9. The molecule has 3 N–H and O–H groups in total. The van der Waals surface area contributed by atoms with Gasteiger partial charge < -0.3 is 15.6 Å². The zero-order chi connectivity index (χ0) is 21.5. The van der Waals surface area contributed by atoms with Crippen LogP contribution < -0.4 is 11.1 Å². The van der Waals surface area contributed by atoms with Crippen molar-refractivity contribution in [3.63, 3.8) is 0 Å². The molecule has 0 radical (unpaired) electrons. The Morgan fingerprint density at radius 3 is 2.77 bits per heavy atom. The second kappa shape index (κ2) is 7.48. The summed E-state index contributed by atoms with van der Waals surface area (Å²) in [6.45, 7) is -1.26. The highest BCUT2D eigenvalue weighted by Gasteiger charge is 2.30. The van der Waals surface area contributed by atoms with Crippen LogP contribution in [0.3, 0.4) is 0 Å². The van der Waals surface area contributed by atoms with E-state index in [2.05, 4.69) is 27.1 Å². The fourth-order valence-corrected chi connectivity index (χ4v) is 3.19. The van der Waals surface area contributed by atoms with Crippen molar-refractivity contribution >= 4 is 22.8 Å². The summed E-state index contributed by atoms with van der Waals surface area (Å²) in [5.41, 5.74) is 6.58. The quantitative estimate of drug-likeness (QED) is 0.592. The minimum absolute atomic E-state index is 0.00406. The lowest BCUT2D eigenvalue weighted by atomic mass is 9.97. The zero-order valence-corrected chi connectivity index (χ0v) is 15.6. The summed E-state index contributed by atoms with van der Waals surface area (Å²) >= 11 is 0. The number of fused-ring (bicyclic) bond motifs is 1. The Kier molecular flexibility index (Phi) is 4.97. The van der Waals surface area contributed by atoms with Gasteiger partial charge in [-0.3, -0.25) is 4.79 Å². The van der Waals surface area contributed by atoms with Crippen molar-refractivity contribution in [1.29, 1.82) is 0 Å². The standard InChI is InChI=1S/C20H17F4N5O/c21-14-6-11(5-13(7-14)19(30)28-15-3-4-15)1-2-12-8-29(9-20(22,23)24)18-16(12)17(25)26-10-27-18/h5,7-8,10,14-15H,3-4,6,9H2,(H,28,30)(H2,25,26,27). The van der Waals surface area contributed by atoms with Gasteiger partial charge in [0.15, 0.2) is 0 Å². The predicted octanol–water partition coefficient (Wildman–Crippen LogP) is 2.80. The van der Waals surface area contributed by atoms with Crippen molar-refractivity contribution in [3.05, 3.63) is 41.4 Å². The van der Waals surface area contributed by atoms with Gasteiger partial charge in [0.05, 0.1) is 10.9 Å². The number of aromatic nitrogens is 3. The number of nitrogens with zero attached hydrogens (tertiary/aromatic N) is 3. The molecule has 10 heteroatoms. The van der Waals surface area contributed by atoms with Crippen molar-refractivity contribution in [2.45, 2.75) is 44.2 Å². The SMILES string of the molecule is Nc1ncnc2c1c(C#CC1=CC(C(=O)NC3CC3)=CC(F)C1)cn2CC(F)(F)F. The molecule has 2 aliphatic rings. The molecule has 0 saturated heterocycles. The van der Waals surface area contributed by atoms with E-state index in [1.54, 1.807) is 0 Å². The number of anilines is 1. The molecule has 1 saturated carbocycles. The molecule has 30 heavy (non-hydrogen) atoms. The van der Waals surface area contributed by atoms with E-state index in [0.717, 1.165) is 23.7 Å². The number of nitrogen functional groups attached to an aromatic ring is 1. The third kappa shape index (κ3) is 4.45. The molecule has 1 fully saturated rings. The molecule has 156 valence electrons. The first-order valence-electron chi connectivity index (χ1n) is 9.25. The molecule has 2 aromatic rings. The molecule has 1 atom stereocenters. The third-order valence-corrected chi connectivity index (χ3v) is 4.67. The maximum atomic E-state index is 14.1. The molecule has 4 rings (SSSR count). The number of hydrogen-bond acceptors (Lipinski definition) is 4. The third-order valence-electron chi connectivity index (χ3n) is 4.67. The number of rotatable bonds is 3. The van der Waals surface area contributed by atoms with Crippen molar-refractivity contribution in [2.75, 3.05) is 5.73 Å². The van der Waals surface area contributed by atoms with Crippen molar-refractivity contribution in [2.24, 2.45) is 0 Å². The van der Waals surface area contributed by atoms with Gasteiger partial charge in [0.2, 0.25) is 0 Å². The fourth-order valence-electron chi connectivity index (χ4n) is 3.19. The van der Waals surface area contributed by atoms with Gasteiger partial charge >= 0.3 is 6.18 Å². The summed E-state index contributed by atoms with van der Waals surface area (Å²) in [6, 6.07) is 0.129. The highest BCUT2D eigenvalue weighted by atomic mass is 19.4. The summed E-state index contributed by atoms with van der Waals surface area (Å²) in [5.74, 6) is 5.14. The summed E-state index contributed by atoms with van der Waals surface area (Å²) in [6.07, 6.45) is 0.953. The van der Waals surface area contributed by atoms with Crippen LogP contribution in [0.1, 0.15) is 24.8 Å². The van der Waals surface area contributed by atoms with Gasteiger partial charge in [0.1, 0.15) is 30.5 Å². The lowest BCUT2D eigenvalue weighted by Crippen LogP contribution is -2.27. The number of halogens is 4. The number of alkyl halides is 4. The number of hydrogen-bond donors (Lipinski definition) is 2. The van der Waals surface area contributed by atoms with E-state index in [1.807, 2.05) is 0 Å². The van der Waals surface area contributed by atoms with E-state index < -0.39 is 18.9 Å². The molecule has 2 aliphatic carbocycles. The van der Waals surface area contributed by atoms with Gasteiger partial charge in [-0.2, -0.15) is 13.2 Å². The number of allylic oxidation sites excluding steroid dienone is 2. The highest BCUT2D eigenvalue weighted by molar-refractivity contribution is 5.97. The molecular formula is C20H17F4N5O. The van der Waals surface area contributed by atoms with Crippen LogP contribution in [0.2, 0.25) is 0 Å². The van der Waals surface area contributed by atoms with Crippen molar-refractivity contribution in [3.8, 4) is 11.8 Å². The molecule has 0 bridgehead atoms. The molecule has 0 aliphatic heterocycles. The Balaban J connectivity index is 1.67. The van der Waals surface area contributed by atoms with Gasteiger partial charge in [-0.1, -0.05) is 11.8 Å². The van der Waals surface area contributed by atoms with Gasteiger partial charge in [0.25, 0.3) is 5.91 Å². The van der Waals surface area contributed by atoms with Crippen molar-refractivity contribution < 1.29 is 22.4 Å². The van der Waals surface area contributed by atoms with Crippen LogP contribution in [0, 0.1) is 11.8 Å². The van der Waals surface area contributed by atoms with E-state index in [4.69, 9.17) is 5.73 Å². The van der Waals surface area contributed by atoms with E-state index >= 15 is 0 Å².